The fourth-order valence-electron chi connectivity index (χ4n) is 4.54. The summed E-state index contributed by atoms with van der Waals surface area (Å²) in [6.45, 7) is 10.2. The molecule has 38 heavy (non-hydrogen) atoms. The number of nitrogens with zero attached hydrogens (tertiary/aromatic N) is 3. The number of ether oxygens (including phenoxy) is 2. The summed E-state index contributed by atoms with van der Waals surface area (Å²) in [5.41, 5.74) is -1.14. The van der Waals surface area contributed by atoms with E-state index in [0.29, 0.717) is 17.7 Å². The smallest absolute Gasteiger partial charge is 0.417 e. The normalized spacial score (nSPS) is 19.7. The van der Waals surface area contributed by atoms with E-state index in [1.54, 1.807) is 53.8 Å². The molecule has 2 N–H and O–H groups in total. The van der Waals surface area contributed by atoms with E-state index >= 15 is 4.39 Å². The molecule has 1 aliphatic carbocycles. The summed E-state index contributed by atoms with van der Waals surface area (Å²) in [7, 11) is 0. The predicted molar refractivity (Wildman–Crippen MR) is 140 cm³/mol. The maximum Gasteiger partial charge on any atom is 0.417 e. The summed E-state index contributed by atoms with van der Waals surface area (Å²) >= 11 is 1.12. The number of carbonyl (C=O) groups excluding carboxylic acids is 3. The zero-order valence-electron chi connectivity index (χ0n) is 22.5. The van der Waals surface area contributed by atoms with Crippen molar-refractivity contribution in [3.63, 3.8) is 0 Å². The van der Waals surface area contributed by atoms with Crippen molar-refractivity contribution in [2.24, 2.45) is 0 Å². The lowest BCUT2D eigenvalue weighted by Crippen LogP contribution is -2.50. The van der Waals surface area contributed by atoms with Crippen LogP contribution in [0.3, 0.4) is 0 Å². The number of imide groups is 1. The number of hydrogen-bond donors (Lipinski definition) is 2. The van der Waals surface area contributed by atoms with Gasteiger partial charge in [0.15, 0.2) is 11.6 Å². The maximum atomic E-state index is 15.9. The number of amides is 3. The number of alkyl carbamates (subject to hydrolysis) is 1. The minimum absolute atomic E-state index is 0.0234. The second-order valence-electron chi connectivity index (χ2n) is 11.5. The molecule has 2 unspecified atom stereocenters. The van der Waals surface area contributed by atoms with Gasteiger partial charge < -0.3 is 20.1 Å². The van der Waals surface area contributed by atoms with Gasteiger partial charge in [-0.05, 0) is 72.0 Å². The number of anilines is 1. The SMILES string of the molecule is CC(C)(C)OC(=O)NC1CCCCC1Nc1nc(-c2ccns2)c2c(c1F)CN(C(=O)OC(C)(C)C)C2=O. The van der Waals surface area contributed by atoms with Gasteiger partial charge in [0.1, 0.15) is 11.2 Å². The van der Waals surface area contributed by atoms with Gasteiger partial charge in [0.2, 0.25) is 0 Å². The zero-order chi connectivity index (χ0) is 27.8. The number of aromatic nitrogens is 2. The summed E-state index contributed by atoms with van der Waals surface area (Å²) in [4.78, 5) is 44.5. The van der Waals surface area contributed by atoms with Crippen molar-refractivity contribution in [2.75, 3.05) is 5.32 Å². The molecule has 0 radical (unpaired) electrons. The monoisotopic (exact) mass is 547 g/mol. The van der Waals surface area contributed by atoms with Crippen LogP contribution in [0.5, 0.6) is 0 Å². The molecule has 12 heteroatoms. The quantitative estimate of drug-likeness (QED) is 0.516. The van der Waals surface area contributed by atoms with Crippen LogP contribution in [-0.4, -0.2) is 55.6 Å². The molecule has 0 saturated heterocycles. The third kappa shape index (κ3) is 6.23. The van der Waals surface area contributed by atoms with Crippen LogP contribution in [-0.2, 0) is 16.0 Å². The summed E-state index contributed by atoms with van der Waals surface area (Å²) in [6, 6.07) is 1.07. The third-order valence-corrected chi connectivity index (χ3v) is 6.84. The average molecular weight is 548 g/mol. The Morgan fingerprint density at radius 2 is 1.74 bits per heavy atom. The number of halogens is 1. The van der Waals surface area contributed by atoms with E-state index in [2.05, 4.69) is 20.0 Å². The van der Waals surface area contributed by atoms with E-state index in [4.69, 9.17) is 9.47 Å². The fourth-order valence-corrected chi connectivity index (χ4v) is 5.13. The van der Waals surface area contributed by atoms with Gasteiger partial charge in [0, 0.05) is 17.8 Å². The van der Waals surface area contributed by atoms with Gasteiger partial charge in [-0.25, -0.2) is 28.2 Å². The highest BCUT2D eigenvalue weighted by Crippen LogP contribution is 2.38. The third-order valence-electron chi connectivity index (χ3n) is 6.09. The molecule has 2 aromatic heterocycles. The second-order valence-corrected chi connectivity index (χ2v) is 12.3. The standard InChI is InChI=1S/C26H34FN5O5S/c1-25(2,3)36-23(34)30-16-10-8-7-9-15(16)29-21-19(27)14-13-32(24(35)37-26(4,5)6)22(33)18(14)20(31-21)17-11-12-28-38-17/h11-12,15-16H,7-10,13H2,1-6H3,(H,29,31)(H,30,34). The molecule has 3 heterocycles. The van der Waals surface area contributed by atoms with Gasteiger partial charge in [0.05, 0.1) is 28.7 Å². The van der Waals surface area contributed by atoms with Crippen molar-refractivity contribution in [2.45, 2.75) is 97.1 Å². The summed E-state index contributed by atoms with van der Waals surface area (Å²) in [6.07, 6.45) is 3.35. The van der Waals surface area contributed by atoms with Crippen LogP contribution >= 0.6 is 11.5 Å². The zero-order valence-corrected chi connectivity index (χ0v) is 23.3. The molecule has 0 bridgehead atoms. The molecule has 10 nitrogen and oxygen atoms in total. The first kappa shape index (κ1) is 27.7. The Kier molecular flexibility index (Phi) is 7.64. The summed E-state index contributed by atoms with van der Waals surface area (Å²) in [5.74, 6) is -1.43. The predicted octanol–water partition coefficient (Wildman–Crippen LogP) is 5.48. The van der Waals surface area contributed by atoms with Crippen molar-refractivity contribution in [1.82, 2.24) is 19.6 Å². The first-order chi connectivity index (χ1) is 17.7. The van der Waals surface area contributed by atoms with Crippen molar-refractivity contribution in [3.8, 4) is 10.6 Å². The van der Waals surface area contributed by atoms with Gasteiger partial charge >= 0.3 is 12.2 Å². The average Bonchev–Trinajstić information content (AvgIpc) is 3.43. The lowest BCUT2D eigenvalue weighted by atomic mass is 9.90. The molecule has 1 aliphatic heterocycles. The molecular formula is C26H34FN5O5S. The fraction of sp³-hybridized carbons (Fsp3) is 0.577. The molecule has 3 amide bonds. The molecule has 2 atom stereocenters. The molecule has 2 aromatic rings. The van der Waals surface area contributed by atoms with E-state index < -0.39 is 35.1 Å². The lowest BCUT2D eigenvalue weighted by Gasteiger charge is -2.34. The van der Waals surface area contributed by atoms with Crippen molar-refractivity contribution < 1.29 is 28.2 Å². The first-order valence-corrected chi connectivity index (χ1v) is 13.4. The van der Waals surface area contributed by atoms with Gasteiger partial charge in [-0.1, -0.05) is 12.8 Å². The second kappa shape index (κ2) is 10.5. The Hall–Kier alpha value is -3.28. The minimum atomic E-state index is -0.850. The van der Waals surface area contributed by atoms with Crippen molar-refractivity contribution in [3.05, 3.63) is 29.2 Å². The number of nitrogens with one attached hydrogen (secondary N) is 2. The Morgan fingerprint density at radius 3 is 2.34 bits per heavy atom. The molecule has 1 saturated carbocycles. The summed E-state index contributed by atoms with van der Waals surface area (Å²) < 4.78 is 30.8. The number of hydrogen-bond acceptors (Lipinski definition) is 9. The Balaban J connectivity index is 1.66. The van der Waals surface area contributed by atoms with Gasteiger partial charge in [-0.2, -0.15) is 0 Å². The highest BCUT2D eigenvalue weighted by Gasteiger charge is 2.41. The maximum absolute atomic E-state index is 15.9. The van der Waals surface area contributed by atoms with Crippen LogP contribution < -0.4 is 10.6 Å². The van der Waals surface area contributed by atoms with E-state index in [0.717, 1.165) is 29.3 Å². The topological polar surface area (TPSA) is 123 Å². The van der Waals surface area contributed by atoms with E-state index in [-0.39, 0.29) is 41.3 Å². The van der Waals surface area contributed by atoms with Gasteiger partial charge in [-0.3, -0.25) is 4.79 Å². The number of rotatable bonds is 4. The van der Waals surface area contributed by atoms with Crippen LogP contribution in [0.25, 0.3) is 10.6 Å². The molecule has 2 aliphatic rings. The molecular weight excluding hydrogens is 513 g/mol. The number of pyridine rings is 1. The summed E-state index contributed by atoms with van der Waals surface area (Å²) in [5, 5.41) is 6.08. The lowest BCUT2D eigenvalue weighted by molar-refractivity contribution is 0.0247. The Labute approximate surface area is 225 Å². The van der Waals surface area contributed by atoms with Gasteiger partial charge in [-0.15, -0.1) is 0 Å². The first-order valence-electron chi connectivity index (χ1n) is 12.7. The van der Waals surface area contributed by atoms with Crippen LogP contribution in [0, 0.1) is 5.82 Å². The molecule has 0 spiro atoms. The molecule has 206 valence electrons. The largest absolute Gasteiger partial charge is 0.444 e. The van der Waals surface area contributed by atoms with Gasteiger partial charge in [0.25, 0.3) is 5.91 Å². The van der Waals surface area contributed by atoms with Crippen LogP contribution in [0.15, 0.2) is 12.3 Å². The van der Waals surface area contributed by atoms with E-state index in [1.807, 2.05) is 0 Å². The van der Waals surface area contributed by atoms with E-state index in [1.165, 1.54) is 0 Å². The van der Waals surface area contributed by atoms with Crippen LogP contribution in [0.4, 0.5) is 19.8 Å². The highest BCUT2D eigenvalue weighted by molar-refractivity contribution is 7.09. The highest BCUT2D eigenvalue weighted by atomic mass is 32.1. The van der Waals surface area contributed by atoms with Crippen molar-refractivity contribution in [1.29, 1.82) is 0 Å². The van der Waals surface area contributed by atoms with E-state index in [9.17, 15) is 14.4 Å². The Bertz CT molecular complexity index is 1220. The van der Waals surface area contributed by atoms with Crippen molar-refractivity contribution >= 4 is 35.4 Å². The van der Waals surface area contributed by atoms with Crippen LogP contribution in [0.1, 0.15) is 83.1 Å². The number of carbonyl (C=O) groups is 3. The molecule has 4 rings (SSSR count). The molecule has 1 fully saturated rings. The molecule has 0 aromatic carbocycles. The Morgan fingerprint density at radius 1 is 1.08 bits per heavy atom. The van der Waals surface area contributed by atoms with Crippen LogP contribution in [0.2, 0.25) is 0 Å². The number of fused-ring (bicyclic) bond motifs is 1. The minimum Gasteiger partial charge on any atom is -0.444 e.